The van der Waals surface area contributed by atoms with Crippen molar-refractivity contribution >= 4 is 32.0 Å². The summed E-state index contributed by atoms with van der Waals surface area (Å²) >= 11 is 2.12. The highest BCUT2D eigenvalue weighted by atomic mass is 127. The molecule has 2 rings (SSSR count). The van der Waals surface area contributed by atoms with Crippen molar-refractivity contribution < 1.29 is 8.78 Å². The summed E-state index contributed by atoms with van der Waals surface area (Å²) in [4.78, 5) is 4.21. The van der Waals surface area contributed by atoms with Crippen molar-refractivity contribution in [3.8, 4) is 0 Å². The van der Waals surface area contributed by atoms with E-state index in [4.69, 9.17) is 0 Å². The second-order valence-electron chi connectivity index (χ2n) is 2.85. The van der Waals surface area contributed by atoms with E-state index >= 15 is 0 Å². The zero-order chi connectivity index (χ0) is 9.42. The lowest BCUT2D eigenvalue weighted by Gasteiger charge is -2.01. The number of hydrogen-bond donors (Lipinski definition) is 0. The molecular weight excluding hydrogens is 287 g/mol. The fraction of sp³-hybridized carbons (Fsp3) is 0.222. The van der Waals surface area contributed by atoms with Gasteiger partial charge in [0.1, 0.15) is 0 Å². The molecule has 0 fully saturated rings. The summed E-state index contributed by atoms with van der Waals surface area (Å²) in [6, 6.07) is 4.62. The first-order chi connectivity index (χ1) is 6.16. The van der Waals surface area contributed by atoms with E-state index < -0.39 is 6.43 Å². The Balaban J connectivity index is 2.40. The number of halogens is 3. The van der Waals surface area contributed by atoms with E-state index in [2.05, 4.69) is 27.6 Å². The molecule has 0 N–H and O–H groups in total. The molecule has 4 heteroatoms. The minimum atomic E-state index is -2.39. The van der Waals surface area contributed by atoms with E-state index in [0.29, 0.717) is 6.42 Å². The van der Waals surface area contributed by atoms with Crippen LogP contribution in [0.2, 0.25) is 0 Å². The zero-order valence-corrected chi connectivity index (χ0v) is 8.76. The predicted molar refractivity (Wildman–Crippen MR) is 56.2 cm³/mol. The first kappa shape index (κ1) is 9.05. The van der Waals surface area contributed by atoms with Gasteiger partial charge in [-0.25, -0.2) is 13.8 Å². The van der Waals surface area contributed by atoms with Crippen LogP contribution in [0.25, 0.3) is 0 Å². The molecule has 68 valence electrons. The molecule has 0 radical (unpaired) electrons. The van der Waals surface area contributed by atoms with Gasteiger partial charge in [0.05, 0.1) is 9.41 Å². The molecule has 1 aliphatic rings. The molecule has 1 nitrogen and oxygen atoms in total. The van der Waals surface area contributed by atoms with E-state index in [-0.39, 0.29) is 5.56 Å². The van der Waals surface area contributed by atoms with Crippen molar-refractivity contribution in [2.45, 2.75) is 12.8 Å². The Morgan fingerprint density at radius 1 is 1.38 bits per heavy atom. The molecule has 0 saturated heterocycles. The summed E-state index contributed by atoms with van der Waals surface area (Å²) in [5.41, 5.74) is 1.82. The highest BCUT2D eigenvalue weighted by Crippen LogP contribution is 2.31. The van der Waals surface area contributed by atoms with E-state index in [1.165, 1.54) is 12.1 Å². The lowest BCUT2D eigenvalue weighted by atomic mass is 10.1. The number of fused-ring (bicyclic) bond motifs is 1. The van der Waals surface area contributed by atoms with Gasteiger partial charge in [-0.2, -0.15) is 0 Å². The SMILES string of the molecule is FC(F)c1ccc2c(c1)CC(I)=N2. The van der Waals surface area contributed by atoms with Gasteiger partial charge in [-0.05, 0) is 40.3 Å². The fourth-order valence-electron chi connectivity index (χ4n) is 1.32. The molecule has 13 heavy (non-hydrogen) atoms. The third-order valence-corrected chi connectivity index (χ3v) is 2.56. The van der Waals surface area contributed by atoms with Gasteiger partial charge in [0.25, 0.3) is 6.43 Å². The second kappa shape index (κ2) is 3.32. The van der Waals surface area contributed by atoms with Crippen LogP contribution in [0.5, 0.6) is 0 Å². The molecule has 0 saturated carbocycles. The average Bonchev–Trinajstić information content (AvgIpc) is 2.42. The zero-order valence-electron chi connectivity index (χ0n) is 6.60. The summed E-state index contributed by atoms with van der Waals surface area (Å²) in [7, 11) is 0. The van der Waals surface area contributed by atoms with E-state index in [9.17, 15) is 8.78 Å². The molecule has 0 bridgehead atoms. The van der Waals surface area contributed by atoms with Crippen LogP contribution in [-0.2, 0) is 6.42 Å². The Morgan fingerprint density at radius 2 is 2.15 bits per heavy atom. The monoisotopic (exact) mass is 293 g/mol. The van der Waals surface area contributed by atoms with Crippen molar-refractivity contribution in [2.24, 2.45) is 4.99 Å². The van der Waals surface area contributed by atoms with Gasteiger partial charge in [0.15, 0.2) is 0 Å². The third-order valence-electron chi connectivity index (χ3n) is 1.93. The van der Waals surface area contributed by atoms with Gasteiger partial charge in [-0.15, -0.1) is 0 Å². The number of aliphatic imine (C=N–C) groups is 1. The first-order valence-corrected chi connectivity index (χ1v) is 4.89. The second-order valence-corrected chi connectivity index (χ2v) is 4.10. The lowest BCUT2D eigenvalue weighted by Crippen LogP contribution is -1.88. The fourth-order valence-corrected chi connectivity index (χ4v) is 1.99. The summed E-state index contributed by atoms with van der Waals surface area (Å²) in [6.45, 7) is 0. The van der Waals surface area contributed by atoms with Crippen molar-refractivity contribution in [1.29, 1.82) is 0 Å². The maximum absolute atomic E-state index is 12.3. The quantitative estimate of drug-likeness (QED) is 0.701. The largest absolute Gasteiger partial charge is 0.263 e. The lowest BCUT2D eigenvalue weighted by molar-refractivity contribution is 0.151. The molecule has 1 heterocycles. The van der Waals surface area contributed by atoms with Gasteiger partial charge < -0.3 is 0 Å². The van der Waals surface area contributed by atoms with Crippen LogP contribution in [0.1, 0.15) is 17.6 Å². The first-order valence-electron chi connectivity index (χ1n) is 3.81. The minimum absolute atomic E-state index is 0.0834. The predicted octanol–water partition coefficient (Wildman–Crippen LogP) is 3.65. The molecular formula is C9H6F2IN. The van der Waals surface area contributed by atoms with Crippen LogP contribution in [0.15, 0.2) is 23.2 Å². The van der Waals surface area contributed by atoms with E-state index in [1.807, 2.05) is 0 Å². The highest BCUT2D eigenvalue weighted by molar-refractivity contribution is 14.1. The minimum Gasteiger partial charge on any atom is -0.246 e. The maximum atomic E-state index is 12.3. The highest BCUT2D eigenvalue weighted by Gasteiger charge is 2.15. The van der Waals surface area contributed by atoms with Gasteiger partial charge >= 0.3 is 0 Å². The van der Waals surface area contributed by atoms with Crippen LogP contribution >= 0.6 is 22.6 Å². The standard InChI is InChI=1S/C9H6F2IN/c10-9(11)5-1-2-7-6(3-5)4-8(12)13-7/h1-3,9H,4H2. The van der Waals surface area contributed by atoms with Crippen molar-refractivity contribution in [2.75, 3.05) is 0 Å². The average molecular weight is 293 g/mol. The van der Waals surface area contributed by atoms with Crippen LogP contribution < -0.4 is 0 Å². The van der Waals surface area contributed by atoms with Crippen molar-refractivity contribution in [3.63, 3.8) is 0 Å². The van der Waals surface area contributed by atoms with Crippen molar-refractivity contribution in [1.82, 2.24) is 0 Å². The number of benzene rings is 1. The molecule has 1 aromatic carbocycles. The molecule has 0 amide bonds. The molecule has 0 unspecified atom stereocenters. The van der Waals surface area contributed by atoms with Crippen LogP contribution in [-0.4, -0.2) is 3.72 Å². The van der Waals surface area contributed by atoms with Gasteiger partial charge in [-0.1, -0.05) is 6.07 Å². The molecule has 0 aliphatic carbocycles. The normalized spacial score (nSPS) is 14.6. The number of hydrogen-bond acceptors (Lipinski definition) is 1. The Morgan fingerprint density at radius 3 is 2.85 bits per heavy atom. The Kier molecular flexibility index (Phi) is 2.31. The smallest absolute Gasteiger partial charge is 0.246 e. The van der Waals surface area contributed by atoms with Gasteiger partial charge in [-0.3, -0.25) is 0 Å². The maximum Gasteiger partial charge on any atom is 0.263 e. The van der Waals surface area contributed by atoms with E-state index in [0.717, 1.165) is 15.0 Å². The summed E-state index contributed by atoms with van der Waals surface area (Å²) in [5.74, 6) is 0. The third kappa shape index (κ3) is 1.72. The molecule has 1 aliphatic heterocycles. The molecule has 1 aromatic rings. The van der Waals surface area contributed by atoms with Crippen LogP contribution in [0.4, 0.5) is 14.5 Å². The van der Waals surface area contributed by atoms with Gasteiger partial charge in [0.2, 0.25) is 0 Å². The molecule has 0 atom stereocenters. The van der Waals surface area contributed by atoms with Crippen molar-refractivity contribution in [3.05, 3.63) is 29.3 Å². The topological polar surface area (TPSA) is 12.4 Å². The molecule has 0 aromatic heterocycles. The van der Waals surface area contributed by atoms with E-state index in [1.54, 1.807) is 6.07 Å². The number of rotatable bonds is 1. The summed E-state index contributed by atoms with van der Waals surface area (Å²) in [5, 5.41) is 0. The summed E-state index contributed by atoms with van der Waals surface area (Å²) < 4.78 is 25.5. The van der Waals surface area contributed by atoms with Crippen LogP contribution in [0.3, 0.4) is 0 Å². The number of nitrogens with zero attached hydrogens (tertiary/aromatic N) is 1. The van der Waals surface area contributed by atoms with Gasteiger partial charge in [0, 0.05) is 12.0 Å². The molecule has 0 spiro atoms. The number of alkyl halides is 2. The Hall–Kier alpha value is -0.520. The Labute approximate surface area is 88.0 Å². The summed E-state index contributed by atoms with van der Waals surface area (Å²) in [6.07, 6.45) is -1.69. The Bertz CT molecular complexity index is 374. The van der Waals surface area contributed by atoms with Crippen LogP contribution in [0, 0.1) is 0 Å².